The molecule has 0 aromatic rings. The van der Waals surface area contributed by atoms with E-state index >= 15 is 0 Å². The van der Waals surface area contributed by atoms with E-state index in [1.54, 1.807) is 4.90 Å². The normalized spacial score (nSPS) is 22.0. The van der Waals surface area contributed by atoms with Crippen LogP contribution in [0.15, 0.2) is 4.99 Å². The predicted octanol–water partition coefficient (Wildman–Crippen LogP) is 2.12. The number of amides is 1. The number of halogens is 1. The second-order valence-electron chi connectivity index (χ2n) is 7.01. The molecule has 0 aliphatic carbocycles. The molecule has 2 heterocycles. The Kier molecular flexibility index (Phi) is 11.3. The summed E-state index contributed by atoms with van der Waals surface area (Å²) in [6.07, 6.45) is 4.15. The van der Waals surface area contributed by atoms with Gasteiger partial charge in [0.1, 0.15) is 0 Å². The molecule has 2 N–H and O–H groups in total. The van der Waals surface area contributed by atoms with Gasteiger partial charge in [-0.2, -0.15) is 0 Å². The number of likely N-dealkylation sites (tertiary alicyclic amines) is 2. The number of aliphatic imine (C=N–C) groups is 1. The number of nitrogens with one attached hydrogen (secondary N) is 2. The number of ether oxygens (including phenoxy) is 1. The minimum atomic E-state index is -0.193. The first-order chi connectivity index (χ1) is 12.2. The van der Waals surface area contributed by atoms with Gasteiger partial charge in [-0.15, -0.1) is 24.0 Å². The molecule has 152 valence electrons. The summed E-state index contributed by atoms with van der Waals surface area (Å²) in [5.74, 6) is 1.58. The molecule has 8 heteroatoms. The first-order valence-corrected chi connectivity index (χ1v) is 9.77. The largest absolute Gasteiger partial charge is 0.450 e. The van der Waals surface area contributed by atoms with Crippen molar-refractivity contribution in [3.05, 3.63) is 0 Å². The van der Waals surface area contributed by atoms with Crippen molar-refractivity contribution in [3.63, 3.8) is 0 Å². The number of hydrogen-bond donors (Lipinski definition) is 2. The Morgan fingerprint density at radius 2 is 1.92 bits per heavy atom. The van der Waals surface area contributed by atoms with Crippen LogP contribution in [0, 0.1) is 5.92 Å². The van der Waals surface area contributed by atoms with Gasteiger partial charge in [-0.25, -0.2) is 4.79 Å². The molecule has 0 saturated carbocycles. The summed E-state index contributed by atoms with van der Waals surface area (Å²) >= 11 is 0. The third-order valence-corrected chi connectivity index (χ3v) is 5.05. The van der Waals surface area contributed by atoms with Gasteiger partial charge in [0.2, 0.25) is 0 Å². The zero-order chi connectivity index (χ0) is 18.1. The summed E-state index contributed by atoms with van der Waals surface area (Å²) in [7, 11) is 1.82. The molecule has 1 amide bonds. The molecule has 0 aromatic heterocycles. The smallest absolute Gasteiger partial charge is 0.409 e. The van der Waals surface area contributed by atoms with Crippen molar-refractivity contribution < 1.29 is 9.53 Å². The Balaban J connectivity index is 0.00000338. The maximum atomic E-state index is 11.7. The molecule has 2 rings (SSSR count). The molecule has 2 fully saturated rings. The van der Waals surface area contributed by atoms with Crippen molar-refractivity contribution in [1.29, 1.82) is 0 Å². The van der Waals surface area contributed by atoms with Crippen LogP contribution in [0.25, 0.3) is 0 Å². The summed E-state index contributed by atoms with van der Waals surface area (Å²) < 4.78 is 5.07. The van der Waals surface area contributed by atoms with Gasteiger partial charge in [0.25, 0.3) is 0 Å². The molecule has 0 aromatic carbocycles. The molecule has 1 atom stereocenters. The van der Waals surface area contributed by atoms with E-state index < -0.39 is 0 Å². The third-order valence-electron chi connectivity index (χ3n) is 5.05. The number of hydrogen-bond acceptors (Lipinski definition) is 4. The number of carbonyl (C=O) groups is 1. The lowest BCUT2D eigenvalue weighted by atomic mass is 10.1. The van der Waals surface area contributed by atoms with E-state index in [0.717, 1.165) is 38.4 Å². The van der Waals surface area contributed by atoms with E-state index in [2.05, 4.69) is 27.4 Å². The van der Waals surface area contributed by atoms with Gasteiger partial charge in [-0.1, -0.05) is 6.92 Å². The first kappa shape index (κ1) is 23.3. The van der Waals surface area contributed by atoms with Gasteiger partial charge in [0.15, 0.2) is 5.96 Å². The molecule has 0 bridgehead atoms. The Morgan fingerprint density at radius 1 is 1.19 bits per heavy atom. The number of guanidine groups is 1. The van der Waals surface area contributed by atoms with Crippen LogP contribution in [-0.2, 0) is 4.74 Å². The maximum Gasteiger partial charge on any atom is 0.409 e. The minimum absolute atomic E-state index is 0. The Hall–Kier alpha value is -0.770. The molecule has 0 spiro atoms. The number of nitrogens with zero attached hydrogens (tertiary/aromatic N) is 3. The Labute approximate surface area is 175 Å². The van der Waals surface area contributed by atoms with E-state index in [1.165, 1.54) is 32.5 Å². The predicted molar refractivity (Wildman–Crippen MR) is 116 cm³/mol. The molecule has 2 aliphatic heterocycles. The van der Waals surface area contributed by atoms with Crippen LogP contribution in [0.5, 0.6) is 0 Å². The lowest BCUT2D eigenvalue weighted by molar-refractivity contribution is 0.0963. The highest BCUT2D eigenvalue weighted by molar-refractivity contribution is 14.0. The highest BCUT2D eigenvalue weighted by Gasteiger charge is 2.25. The summed E-state index contributed by atoms with van der Waals surface area (Å²) in [4.78, 5) is 20.4. The number of piperidine rings is 1. The Morgan fingerprint density at radius 3 is 2.54 bits per heavy atom. The van der Waals surface area contributed by atoms with Crippen molar-refractivity contribution in [2.45, 2.75) is 45.6 Å². The topological polar surface area (TPSA) is 69.2 Å². The highest BCUT2D eigenvalue weighted by atomic mass is 127. The van der Waals surface area contributed by atoms with Crippen LogP contribution in [-0.4, -0.2) is 80.8 Å². The lowest BCUT2D eigenvalue weighted by Crippen LogP contribution is -2.50. The van der Waals surface area contributed by atoms with E-state index in [1.807, 2.05) is 14.0 Å². The zero-order valence-electron chi connectivity index (χ0n) is 16.5. The molecule has 0 radical (unpaired) electrons. The Bertz CT molecular complexity index is 441. The lowest BCUT2D eigenvalue weighted by Gasteiger charge is -2.32. The number of carbonyl (C=O) groups excluding carboxylic acids is 1. The van der Waals surface area contributed by atoms with E-state index in [4.69, 9.17) is 4.74 Å². The van der Waals surface area contributed by atoms with Gasteiger partial charge >= 0.3 is 6.09 Å². The standard InChI is InChI=1S/C18H35N5O2.HI/c1-4-9-22-10-6-15(14-22)13-20-17(19-3)21-16-7-11-23(12-8-16)18(24)25-5-2;/h15-16H,4-14H2,1-3H3,(H2,19,20,21);1H. The van der Waals surface area contributed by atoms with Gasteiger partial charge in [-0.3, -0.25) is 4.99 Å². The van der Waals surface area contributed by atoms with E-state index in [0.29, 0.717) is 18.6 Å². The van der Waals surface area contributed by atoms with Crippen LogP contribution in [0.4, 0.5) is 4.79 Å². The summed E-state index contributed by atoms with van der Waals surface area (Å²) in [6.45, 7) is 10.6. The minimum Gasteiger partial charge on any atom is -0.450 e. The summed E-state index contributed by atoms with van der Waals surface area (Å²) in [5.41, 5.74) is 0. The quantitative estimate of drug-likeness (QED) is 0.346. The molecule has 2 saturated heterocycles. The second-order valence-corrected chi connectivity index (χ2v) is 7.01. The summed E-state index contributed by atoms with van der Waals surface area (Å²) in [5, 5.41) is 6.99. The number of rotatable bonds is 6. The zero-order valence-corrected chi connectivity index (χ0v) is 18.8. The SMILES string of the molecule is CCCN1CCC(CNC(=NC)NC2CCN(C(=O)OCC)CC2)C1.I. The third kappa shape index (κ3) is 7.46. The van der Waals surface area contributed by atoms with Crippen LogP contribution < -0.4 is 10.6 Å². The second kappa shape index (κ2) is 12.6. The van der Waals surface area contributed by atoms with Gasteiger partial charge in [-0.05, 0) is 51.6 Å². The first-order valence-electron chi connectivity index (χ1n) is 9.77. The molecular weight excluding hydrogens is 445 g/mol. The molecule has 2 aliphatic rings. The molecular formula is C18H36IN5O2. The van der Waals surface area contributed by atoms with Crippen molar-refractivity contribution in [2.75, 3.05) is 52.9 Å². The van der Waals surface area contributed by atoms with Gasteiger partial charge in [0.05, 0.1) is 6.61 Å². The van der Waals surface area contributed by atoms with Crippen LogP contribution in [0.2, 0.25) is 0 Å². The fourth-order valence-electron chi connectivity index (χ4n) is 3.65. The highest BCUT2D eigenvalue weighted by Crippen LogP contribution is 2.15. The van der Waals surface area contributed by atoms with Crippen LogP contribution >= 0.6 is 24.0 Å². The maximum absolute atomic E-state index is 11.7. The van der Waals surface area contributed by atoms with Gasteiger partial charge < -0.3 is 25.2 Å². The van der Waals surface area contributed by atoms with Crippen molar-refractivity contribution in [2.24, 2.45) is 10.9 Å². The van der Waals surface area contributed by atoms with Gasteiger partial charge in [0, 0.05) is 39.3 Å². The molecule has 26 heavy (non-hydrogen) atoms. The monoisotopic (exact) mass is 481 g/mol. The van der Waals surface area contributed by atoms with Crippen molar-refractivity contribution in [3.8, 4) is 0 Å². The summed E-state index contributed by atoms with van der Waals surface area (Å²) in [6, 6.07) is 0.358. The van der Waals surface area contributed by atoms with E-state index in [9.17, 15) is 4.79 Å². The molecule has 7 nitrogen and oxygen atoms in total. The fourth-order valence-corrected chi connectivity index (χ4v) is 3.65. The van der Waals surface area contributed by atoms with E-state index in [-0.39, 0.29) is 30.1 Å². The van der Waals surface area contributed by atoms with Crippen molar-refractivity contribution >= 4 is 36.0 Å². The fraction of sp³-hybridized carbons (Fsp3) is 0.889. The average Bonchev–Trinajstić information content (AvgIpc) is 3.07. The van der Waals surface area contributed by atoms with Crippen molar-refractivity contribution in [1.82, 2.24) is 20.4 Å². The molecule has 1 unspecified atom stereocenters. The van der Waals surface area contributed by atoms with Crippen LogP contribution in [0.3, 0.4) is 0 Å². The van der Waals surface area contributed by atoms with Crippen LogP contribution in [0.1, 0.15) is 39.5 Å². The average molecular weight is 481 g/mol.